The lowest BCUT2D eigenvalue weighted by Gasteiger charge is -2.03. The third-order valence-electron chi connectivity index (χ3n) is 2.46. The van der Waals surface area contributed by atoms with Gasteiger partial charge in [0, 0.05) is 19.4 Å². The molecule has 0 atom stereocenters. The van der Waals surface area contributed by atoms with Crippen LogP contribution < -0.4 is 0 Å². The van der Waals surface area contributed by atoms with Gasteiger partial charge in [-0.05, 0) is 6.07 Å². The lowest BCUT2D eigenvalue weighted by Crippen LogP contribution is -2.10. The summed E-state index contributed by atoms with van der Waals surface area (Å²) < 4.78 is 62.3. The highest BCUT2D eigenvalue weighted by Gasteiger charge is 2.35. The van der Waals surface area contributed by atoms with Crippen molar-refractivity contribution in [2.45, 2.75) is 17.0 Å². The molecule has 0 aliphatic carbocycles. The van der Waals surface area contributed by atoms with E-state index >= 15 is 0 Å². The zero-order valence-electron chi connectivity index (χ0n) is 10.2. The molecule has 0 bridgehead atoms. The topological polar surface area (TPSA) is 77.7 Å². The van der Waals surface area contributed by atoms with Crippen molar-refractivity contribution in [3.63, 3.8) is 0 Å². The Labute approximate surface area is 112 Å². The number of alkyl halides is 3. The zero-order chi connectivity index (χ0) is 15.0. The molecule has 0 unspecified atom stereocenters. The minimum Gasteiger partial charge on any atom is -0.271 e. The Kier molecular flexibility index (Phi) is 3.50. The lowest BCUT2D eigenvalue weighted by atomic mass is 10.4. The summed E-state index contributed by atoms with van der Waals surface area (Å²) in [5, 5.41) is 2.95. The first-order valence-electron chi connectivity index (χ1n) is 5.29. The van der Waals surface area contributed by atoms with Crippen molar-refractivity contribution in [1.82, 2.24) is 19.7 Å². The Morgan fingerprint density at radius 3 is 2.50 bits per heavy atom. The van der Waals surface area contributed by atoms with Crippen molar-refractivity contribution in [3.05, 3.63) is 36.0 Å². The van der Waals surface area contributed by atoms with E-state index in [0.717, 1.165) is 10.9 Å². The fraction of sp³-hybridized carbons (Fsp3) is 0.300. The Morgan fingerprint density at radius 1 is 1.30 bits per heavy atom. The van der Waals surface area contributed by atoms with Gasteiger partial charge in [-0.25, -0.2) is 13.4 Å². The molecule has 0 saturated heterocycles. The number of halogens is 3. The number of sulfone groups is 1. The summed E-state index contributed by atoms with van der Waals surface area (Å²) in [5.74, 6) is -0.634. The van der Waals surface area contributed by atoms with Crippen LogP contribution in [0.1, 0.15) is 11.4 Å². The van der Waals surface area contributed by atoms with Crippen molar-refractivity contribution >= 4 is 9.84 Å². The van der Waals surface area contributed by atoms with Gasteiger partial charge in [0.15, 0.2) is 10.7 Å². The van der Waals surface area contributed by atoms with Gasteiger partial charge in [0.1, 0.15) is 0 Å². The molecule has 2 aromatic rings. The molecule has 10 heteroatoms. The average molecular weight is 306 g/mol. The monoisotopic (exact) mass is 306 g/mol. The van der Waals surface area contributed by atoms with Crippen LogP contribution in [0.5, 0.6) is 0 Å². The maximum absolute atomic E-state index is 12.5. The number of nitrogens with zero attached hydrogens (tertiary/aromatic N) is 4. The van der Waals surface area contributed by atoms with Crippen molar-refractivity contribution in [3.8, 4) is 0 Å². The van der Waals surface area contributed by atoms with E-state index < -0.39 is 27.5 Å². The first-order valence-corrected chi connectivity index (χ1v) is 6.94. The van der Waals surface area contributed by atoms with E-state index in [9.17, 15) is 21.6 Å². The average Bonchev–Trinajstić information content (AvgIpc) is 2.71. The molecule has 2 heterocycles. The molecule has 0 amide bonds. The van der Waals surface area contributed by atoms with Crippen LogP contribution in [0.25, 0.3) is 0 Å². The van der Waals surface area contributed by atoms with Crippen LogP contribution >= 0.6 is 0 Å². The summed E-state index contributed by atoms with van der Waals surface area (Å²) in [6.45, 7) is 0. The van der Waals surface area contributed by atoms with Crippen LogP contribution in [0.15, 0.2) is 29.7 Å². The van der Waals surface area contributed by atoms with Gasteiger partial charge in [-0.1, -0.05) is 0 Å². The van der Waals surface area contributed by atoms with Crippen LogP contribution in [0.4, 0.5) is 13.2 Å². The van der Waals surface area contributed by atoms with Crippen molar-refractivity contribution in [1.29, 1.82) is 0 Å². The number of hydrogen-bond donors (Lipinski definition) is 0. The number of aromatic nitrogens is 4. The fourth-order valence-corrected chi connectivity index (χ4v) is 2.74. The third kappa shape index (κ3) is 2.95. The second-order valence-electron chi connectivity index (χ2n) is 3.95. The molecule has 2 aromatic heterocycles. The van der Waals surface area contributed by atoms with Crippen molar-refractivity contribution < 1.29 is 21.6 Å². The summed E-state index contributed by atoms with van der Waals surface area (Å²) >= 11 is 0. The largest absolute Gasteiger partial charge is 0.435 e. The molecule has 20 heavy (non-hydrogen) atoms. The maximum atomic E-state index is 12.5. The molecule has 6 nitrogen and oxygen atoms in total. The molecule has 0 radical (unpaired) electrons. The van der Waals surface area contributed by atoms with Gasteiger partial charge < -0.3 is 0 Å². The van der Waals surface area contributed by atoms with Crippen molar-refractivity contribution in [2.75, 3.05) is 0 Å². The van der Waals surface area contributed by atoms with Crippen LogP contribution in [-0.4, -0.2) is 28.2 Å². The number of rotatable bonds is 3. The van der Waals surface area contributed by atoms with Gasteiger partial charge in [0.05, 0.1) is 17.6 Å². The maximum Gasteiger partial charge on any atom is 0.435 e. The highest BCUT2D eigenvalue weighted by atomic mass is 32.2. The summed E-state index contributed by atoms with van der Waals surface area (Å²) in [6, 6.07) is 0.702. The molecule has 2 rings (SSSR count). The second-order valence-corrected chi connectivity index (χ2v) is 5.88. The third-order valence-corrected chi connectivity index (χ3v) is 3.99. The van der Waals surface area contributed by atoms with E-state index in [1.807, 2.05) is 0 Å². The fourth-order valence-electron chi connectivity index (χ4n) is 1.49. The molecule has 0 aliphatic heterocycles. The highest BCUT2D eigenvalue weighted by molar-refractivity contribution is 7.90. The Morgan fingerprint density at radius 2 is 2.00 bits per heavy atom. The SMILES string of the molecule is Cn1nc(C(F)(F)F)cc1CS(=O)(=O)c1cnccn1. The predicted molar refractivity (Wildman–Crippen MR) is 61.1 cm³/mol. The van der Waals surface area contributed by atoms with E-state index in [1.165, 1.54) is 19.4 Å². The zero-order valence-corrected chi connectivity index (χ0v) is 11.0. The smallest absolute Gasteiger partial charge is 0.271 e. The van der Waals surface area contributed by atoms with E-state index in [2.05, 4.69) is 15.1 Å². The quantitative estimate of drug-likeness (QED) is 0.851. The van der Waals surface area contributed by atoms with Gasteiger partial charge in [0.2, 0.25) is 9.84 Å². The van der Waals surface area contributed by atoms with Gasteiger partial charge in [0.25, 0.3) is 0 Å². The molecule has 0 spiro atoms. The van der Waals surface area contributed by atoms with Gasteiger partial charge >= 0.3 is 6.18 Å². The van der Waals surface area contributed by atoms with E-state index in [0.29, 0.717) is 6.07 Å². The van der Waals surface area contributed by atoms with Gasteiger partial charge in [-0.3, -0.25) is 9.67 Å². The molecule has 0 N–H and O–H groups in total. The molecular weight excluding hydrogens is 297 g/mol. The van der Waals surface area contributed by atoms with E-state index in [1.54, 1.807) is 0 Å². The van der Waals surface area contributed by atoms with Crippen LogP contribution in [-0.2, 0) is 28.8 Å². The highest BCUT2D eigenvalue weighted by Crippen LogP contribution is 2.29. The minimum atomic E-state index is -4.62. The van der Waals surface area contributed by atoms with Crippen LogP contribution in [0.2, 0.25) is 0 Å². The summed E-state index contributed by atoms with van der Waals surface area (Å²) in [4.78, 5) is 7.24. The lowest BCUT2D eigenvalue weighted by molar-refractivity contribution is -0.141. The molecule has 108 valence electrons. The Hall–Kier alpha value is -1.97. The first kappa shape index (κ1) is 14.4. The molecule has 0 aromatic carbocycles. The van der Waals surface area contributed by atoms with E-state index in [4.69, 9.17) is 0 Å². The minimum absolute atomic E-state index is 0.0806. The van der Waals surface area contributed by atoms with E-state index in [-0.39, 0.29) is 10.7 Å². The second kappa shape index (κ2) is 4.85. The standard InChI is InChI=1S/C10H9F3N4O2S/c1-17-7(4-8(16-17)10(11,12)13)6-20(18,19)9-5-14-2-3-15-9/h2-5H,6H2,1H3. The number of aryl methyl sites for hydroxylation is 1. The summed E-state index contributed by atoms with van der Waals surface area (Å²) in [6.07, 6.45) is -1.09. The van der Waals surface area contributed by atoms with Gasteiger partial charge in [-0.15, -0.1) is 0 Å². The normalized spacial score (nSPS) is 12.6. The predicted octanol–water partition coefficient (Wildman–Crippen LogP) is 1.20. The van der Waals surface area contributed by atoms with Gasteiger partial charge in [-0.2, -0.15) is 18.3 Å². The summed E-state index contributed by atoms with van der Waals surface area (Å²) in [5.41, 5.74) is -1.22. The van der Waals surface area contributed by atoms with Crippen LogP contribution in [0.3, 0.4) is 0 Å². The van der Waals surface area contributed by atoms with Crippen LogP contribution in [0, 0.1) is 0 Å². The number of hydrogen-bond acceptors (Lipinski definition) is 5. The molecule has 0 aliphatic rings. The van der Waals surface area contributed by atoms with Crippen molar-refractivity contribution in [2.24, 2.45) is 7.05 Å². The molecular formula is C10H9F3N4O2S. The first-order chi connectivity index (χ1) is 9.20. The Balaban J connectivity index is 2.34. The molecule has 0 saturated carbocycles. The summed E-state index contributed by atoms with van der Waals surface area (Å²) in [7, 11) is -2.62. The molecule has 0 fully saturated rings. The Bertz CT molecular complexity index is 710.